The molecule has 0 bridgehead atoms. The van der Waals surface area contributed by atoms with Crippen molar-refractivity contribution in [3.05, 3.63) is 28.7 Å². The molecule has 0 fully saturated rings. The molecular formula is C12H13ClN4O3S3. The Morgan fingerprint density at radius 2 is 2.17 bits per heavy atom. The first-order chi connectivity index (χ1) is 10.8. The lowest BCUT2D eigenvalue weighted by Gasteiger charge is -2.14. The molecule has 0 saturated heterocycles. The molecule has 1 N–H and O–H groups in total. The Kier molecular flexibility index (Phi) is 5.98. The Morgan fingerprint density at radius 3 is 2.78 bits per heavy atom. The molecule has 1 aromatic heterocycles. The van der Waals surface area contributed by atoms with Gasteiger partial charge in [-0.1, -0.05) is 34.7 Å². The first-order valence-electron chi connectivity index (χ1n) is 6.21. The van der Waals surface area contributed by atoms with Gasteiger partial charge in [0, 0.05) is 19.8 Å². The van der Waals surface area contributed by atoms with Gasteiger partial charge in [0.2, 0.25) is 15.9 Å². The number of nitrogens with zero attached hydrogens (tertiary/aromatic N) is 3. The van der Waals surface area contributed by atoms with Gasteiger partial charge >= 0.3 is 0 Å². The average Bonchev–Trinajstić information content (AvgIpc) is 3.00. The zero-order chi connectivity index (χ0) is 17.0. The molecule has 0 aliphatic carbocycles. The number of hydrogen-bond acceptors (Lipinski definition) is 7. The fraction of sp³-hybridized carbons (Fsp3) is 0.250. The number of carbonyl (C=O) groups excluding carboxylic acids is 1. The molecule has 1 heterocycles. The van der Waals surface area contributed by atoms with Gasteiger partial charge in [0.25, 0.3) is 0 Å². The third-order valence-electron chi connectivity index (χ3n) is 2.64. The highest BCUT2D eigenvalue weighted by atomic mass is 35.5. The lowest BCUT2D eigenvalue weighted by atomic mass is 10.3. The number of anilines is 1. The summed E-state index contributed by atoms with van der Waals surface area (Å²) in [5.41, 5.74) is 1.94. The Bertz CT molecular complexity index is 794. The fourth-order valence-corrected chi connectivity index (χ4v) is 4.21. The van der Waals surface area contributed by atoms with Crippen LogP contribution in [-0.4, -0.2) is 48.7 Å². The molecule has 0 atom stereocenters. The number of sulfonamides is 1. The van der Waals surface area contributed by atoms with Crippen LogP contribution in [0.25, 0.3) is 0 Å². The quantitative estimate of drug-likeness (QED) is 0.757. The largest absolute Gasteiger partial charge is 0.325 e. The van der Waals surface area contributed by atoms with Gasteiger partial charge in [-0.15, -0.1) is 10.2 Å². The van der Waals surface area contributed by atoms with E-state index in [0.29, 0.717) is 10.0 Å². The number of benzene rings is 1. The highest BCUT2D eigenvalue weighted by Crippen LogP contribution is 2.27. The third-order valence-corrected chi connectivity index (χ3v) is 6.80. The average molecular weight is 393 g/mol. The van der Waals surface area contributed by atoms with Crippen LogP contribution >= 0.6 is 34.7 Å². The van der Waals surface area contributed by atoms with Gasteiger partial charge in [0.1, 0.15) is 10.4 Å². The molecule has 0 aliphatic heterocycles. The summed E-state index contributed by atoms with van der Waals surface area (Å²) >= 11 is 8.55. The number of halogens is 1. The molecule has 0 aliphatic rings. The Balaban J connectivity index is 2.10. The summed E-state index contributed by atoms with van der Waals surface area (Å²) in [6.07, 6.45) is 0. The van der Waals surface area contributed by atoms with Crippen LogP contribution in [0.2, 0.25) is 5.02 Å². The van der Waals surface area contributed by atoms with E-state index < -0.39 is 10.0 Å². The van der Waals surface area contributed by atoms with E-state index in [1.807, 2.05) is 0 Å². The lowest BCUT2D eigenvalue weighted by Crippen LogP contribution is -2.23. The van der Waals surface area contributed by atoms with E-state index in [1.54, 1.807) is 11.6 Å². The molecule has 0 radical (unpaired) electrons. The third kappa shape index (κ3) is 4.64. The summed E-state index contributed by atoms with van der Waals surface area (Å²) in [6.45, 7) is 0. The monoisotopic (exact) mass is 392 g/mol. The predicted octanol–water partition coefficient (Wildman–Crippen LogP) is 2.17. The van der Waals surface area contributed by atoms with Crippen molar-refractivity contribution in [1.82, 2.24) is 14.5 Å². The smallest absolute Gasteiger partial charge is 0.244 e. The van der Waals surface area contributed by atoms with E-state index in [-0.39, 0.29) is 21.6 Å². The highest BCUT2D eigenvalue weighted by Gasteiger charge is 2.21. The van der Waals surface area contributed by atoms with Crippen molar-refractivity contribution in [3.8, 4) is 0 Å². The lowest BCUT2D eigenvalue weighted by molar-refractivity contribution is -0.113. The molecule has 0 unspecified atom stereocenters. The highest BCUT2D eigenvalue weighted by molar-refractivity contribution is 8.01. The maximum absolute atomic E-state index is 12.2. The molecule has 0 spiro atoms. The van der Waals surface area contributed by atoms with E-state index in [1.165, 1.54) is 49.3 Å². The molecule has 11 heteroatoms. The van der Waals surface area contributed by atoms with Gasteiger partial charge in [-0.3, -0.25) is 4.79 Å². The standard InChI is InChI=1S/C12H13ClN4O3S3/c1-17(2)23(19,20)10-5-8(3-4-9(10)13)15-11(18)6-21-12-16-14-7-22-12/h3-5,7H,6H2,1-2H3,(H,15,18). The van der Waals surface area contributed by atoms with Gasteiger partial charge < -0.3 is 5.32 Å². The number of nitrogens with one attached hydrogen (secondary N) is 1. The number of amides is 1. The van der Waals surface area contributed by atoms with Crippen LogP contribution in [0.5, 0.6) is 0 Å². The second-order valence-electron chi connectivity index (χ2n) is 4.47. The summed E-state index contributed by atoms with van der Waals surface area (Å²) < 4.78 is 26.1. The van der Waals surface area contributed by atoms with Crippen molar-refractivity contribution < 1.29 is 13.2 Å². The van der Waals surface area contributed by atoms with Crippen LogP contribution in [0, 0.1) is 0 Å². The van der Waals surface area contributed by atoms with Crippen molar-refractivity contribution in [1.29, 1.82) is 0 Å². The summed E-state index contributed by atoms with van der Waals surface area (Å²) in [4.78, 5) is 11.9. The van der Waals surface area contributed by atoms with Crippen molar-refractivity contribution in [2.45, 2.75) is 9.24 Å². The number of aromatic nitrogens is 2. The van der Waals surface area contributed by atoms with Crippen molar-refractivity contribution in [2.24, 2.45) is 0 Å². The Hall–Kier alpha value is -1.20. The maximum Gasteiger partial charge on any atom is 0.244 e. The molecule has 1 aromatic carbocycles. The van der Waals surface area contributed by atoms with Crippen molar-refractivity contribution >= 4 is 56.3 Å². The molecule has 124 valence electrons. The zero-order valence-corrected chi connectivity index (χ0v) is 15.4. The zero-order valence-electron chi connectivity index (χ0n) is 12.2. The van der Waals surface area contributed by atoms with E-state index in [4.69, 9.17) is 11.6 Å². The van der Waals surface area contributed by atoms with Crippen LogP contribution in [0.15, 0.2) is 32.9 Å². The molecule has 1 amide bonds. The van der Waals surface area contributed by atoms with Crippen LogP contribution in [0.1, 0.15) is 0 Å². The minimum absolute atomic E-state index is 0.0567. The Morgan fingerprint density at radius 1 is 1.43 bits per heavy atom. The number of carbonyl (C=O) groups is 1. The first-order valence-corrected chi connectivity index (χ1v) is 9.90. The SMILES string of the molecule is CN(C)S(=O)(=O)c1cc(NC(=O)CSc2nncs2)ccc1Cl. The minimum Gasteiger partial charge on any atom is -0.325 e. The molecule has 2 rings (SSSR count). The molecule has 0 saturated carbocycles. The summed E-state index contributed by atoms with van der Waals surface area (Å²) in [5, 5.41) is 10.2. The van der Waals surface area contributed by atoms with Crippen molar-refractivity contribution in [2.75, 3.05) is 25.2 Å². The van der Waals surface area contributed by atoms with Gasteiger partial charge in [0.15, 0.2) is 4.34 Å². The Labute approximate surface area is 147 Å². The summed E-state index contributed by atoms with van der Waals surface area (Å²) in [5.74, 6) is -0.131. The molecule has 23 heavy (non-hydrogen) atoms. The normalized spacial score (nSPS) is 11.7. The molecular weight excluding hydrogens is 380 g/mol. The molecule has 7 nitrogen and oxygen atoms in total. The fourth-order valence-electron chi connectivity index (χ4n) is 1.53. The second-order valence-corrected chi connectivity index (χ2v) is 9.06. The number of hydrogen-bond donors (Lipinski definition) is 1. The van der Waals surface area contributed by atoms with Gasteiger partial charge in [0.05, 0.1) is 10.8 Å². The van der Waals surface area contributed by atoms with Gasteiger partial charge in [-0.05, 0) is 18.2 Å². The van der Waals surface area contributed by atoms with Gasteiger partial charge in [-0.25, -0.2) is 12.7 Å². The topological polar surface area (TPSA) is 92.3 Å². The van der Waals surface area contributed by atoms with E-state index in [2.05, 4.69) is 15.5 Å². The summed E-state index contributed by atoms with van der Waals surface area (Å²) in [7, 11) is -0.861. The van der Waals surface area contributed by atoms with Crippen LogP contribution in [0.3, 0.4) is 0 Å². The van der Waals surface area contributed by atoms with Crippen LogP contribution in [-0.2, 0) is 14.8 Å². The minimum atomic E-state index is -3.69. The maximum atomic E-state index is 12.2. The first kappa shape index (κ1) is 18.1. The number of thioether (sulfide) groups is 1. The van der Waals surface area contributed by atoms with Crippen molar-refractivity contribution in [3.63, 3.8) is 0 Å². The predicted molar refractivity (Wildman–Crippen MR) is 91.6 cm³/mol. The van der Waals surface area contributed by atoms with E-state index in [9.17, 15) is 13.2 Å². The van der Waals surface area contributed by atoms with E-state index >= 15 is 0 Å². The van der Waals surface area contributed by atoms with Crippen LogP contribution in [0.4, 0.5) is 5.69 Å². The second kappa shape index (κ2) is 7.58. The van der Waals surface area contributed by atoms with Gasteiger partial charge in [-0.2, -0.15) is 0 Å². The summed E-state index contributed by atoms with van der Waals surface area (Å²) in [6, 6.07) is 4.32. The molecule has 2 aromatic rings. The van der Waals surface area contributed by atoms with Crippen LogP contribution < -0.4 is 5.32 Å². The number of rotatable bonds is 6. The van der Waals surface area contributed by atoms with E-state index in [0.717, 1.165) is 4.31 Å².